The molecule has 2 saturated heterocycles. The Hall–Kier alpha value is -3.32. The van der Waals surface area contributed by atoms with Crippen LogP contribution in [0.2, 0.25) is 0 Å². The summed E-state index contributed by atoms with van der Waals surface area (Å²) < 4.78 is 11.6. The summed E-state index contributed by atoms with van der Waals surface area (Å²) in [6.07, 6.45) is 1.76. The maximum atomic E-state index is 14.1. The molecule has 0 aromatic heterocycles. The van der Waals surface area contributed by atoms with E-state index in [9.17, 15) is 24.3 Å². The second kappa shape index (κ2) is 7.16. The third-order valence-corrected chi connectivity index (χ3v) is 10.3. The molecule has 37 heavy (non-hydrogen) atoms. The third-order valence-electron chi connectivity index (χ3n) is 10.3. The van der Waals surface area contributed by atoms with E-state index in [2.05, 4.69) is 32.4 Å². The largest absolute Gasteiger partial charge is 0.458 e. The van der Waals surface area contributed by atoms with Gasteiger partial charge in [0.2, 0.25) is 0 Å². The van der Waals surface area contributed by atoms with Gasteiger partial charge < -0.3 is 14.6 Å². The first-order chi connectivity index (χ1) is 17.6. The molecule has 2 heterocycles. The van der Waals surface area contributed by atoms with Crippen LogP contribution in [0.5, 0.6) is 0 Å². The lowest BCUT2D eigenvalue weighted by Gasteiger charge is -2.43. The highest BCUT2D eigenvalue weighted by Gasteiger charge is 2.69. The number of hydrogen-bond acceptors (Lipinski definition) is 7. The Kier molecular flexibility index (Phi) is 4.42. The van der Waals surface area contributed by atoms with Crippen molar-refractivity contribution in [1.82, 2.24) is 0 Å². The minimum Gasteiger partial charge on any atom is -0.458 e. The number of aliphatic hydroxyl groups is 1. The van der Waals surface area contributed by atoms with Crippen molar-refractivity contribution >= 4 is 23.5 Å². The third kappa shape index (κ3) is 2.56. The van der Waals surface area contributed by atoms with Crippen LogP contribution in [0.3, 0.4) is 0 Å². The fraction of sp³-hybridized carbons (Fsp3) is 0.467. The highest BCUT2D eigenvalue weighted by molar-refractivity contribution is 6.18. The van der Waals surface area contributed by atoms with E-state index in [4.69, 9.17) is 9.47 Å². The lowest BCUT2D eigenvalue weighted by atomic mass is 9.59. The molecule has 7 rings (SSSR count). The molecule has 2 saturated carbocycles. The Balaban J connectivity index is 1.46. The van der Waals surface area contributed by atoms with Gasteiger partial charge in [-0.05, 0) is 48.3 Å². The number of ketones is 2. The molecule has 7 aliphatic rings. The van der Waals surface area contributed by atoms with Gasteiger partial charge in [0.25, 0.3) is 0 Å². The van der Waals surface area contributed by atoms with Crippen LogP contribution >= 0.6 is 0 Å². The maximum absolute atomic E-state index is 14.1. The zero-order valence-corrected chi connectivity index (χ0v) is 20.5. The van der Waals surface area contributed by atoms with Gasteiger partial charge in [-0.1, -0.05) is 32.4 Å². The van der Waals surface area contributed by atoms with Gasteiger partial charge in [-0.15, -0.1) is 0 Å². The van der Waals surface area contributed by atoms with Crippen molar-refractivity contribution in [1.29, 1.82) is 0 Å². The lowest BCUT2D eigenvalue weighted by Crippen LogP contribution is -2.46. The van der Waals surface area contributed by atoms with E-state index in [0.29, 0.717) is 41.6 Å². The number of aliphatic hydroxyl groups excluding tert-OH is 1. The maximum Gasteiger partial charge on any atom is 0.334 e. The van der Waals surface area contributed by atoms with Crippen LogP contribution in [0.25, 0.3) is 0 Å². The Labute approximate surface area is 214 Å². The first kappa shape index (κ1) is 22.8. The number of allylic oxidation sites excluding steroid dienone is 3. The van der Waals surface area contributed by atoms with Crippen molar-refractivity contribution in [2.75, 3.05) is 0 Å². The average Bonchev–Trinajstić information content (AvgIpc) is 3.43. The van der Waals surface area contributed by atoms with E-state index in [1.54, 1.807) is 0 Å². The molecular weight excluding hydrogens is 472 g/mol. The van der Waals surface area contributed by atoms with Gasteiger partial charge in [0.05, 0.1) is 17.4 Å². The van der Waals surface area contributed by atoms with Crippen LogP contribution < -0.4 is 0 Å². The van der Waals surface area contributed by atoms with Crippen LogP contribution in [-0.2, 0) is 28.7 Å². The number of carbonyl (C=O) groups excluding carboxylic acids is 4. The van der Waals surface area contributed by atoms with Gasteiger partial charge in [-0.25, -0.2) is 9.59 Å². The number of ether oxygens (including phenoxy) is 2. The van der Waals surface area contributed by atoms with Gasteiger partial charge in [0.1, 0.15) is 18.0 Å². The average molecular weight is 501 g/mol. The summed E-state index contributed by atoms with van der Waals surface area (Å²) in [6, 6.07) is 0. The zero-order chi connectivity index (χ0) is 26.1. The summed E-state index contributed by atoms with van der Waals surface area (Å²) in [5, 5.41) is 11.0. The summed E-state index contributed by atoms with van der Waals surface area (Å²) in [6.45, 7) is 16.2. The fourth-order valence-electron chi connectivity index (χ4n) is 8.59. The van der Waals surface area contributed by atoms with Crippen LogP contribution in [-0.4, -0.2) is 46.9 Å². The number of esters is 2. The molecule has 8 unspecified atom stereocenters. The first-order valence-electron chi connectivity index (χ1n) is 12.9. The van der Waals surface area contributed by atoms with Crippen molar-refractivity contribution in [3.63, 3.8) is 0 Å². The van der Waals surface area contributed by atoms with Crippen LogP contribution in [0.15, 0.2) is 71.4 Å². The summed E-state index contributed by atoms with van der Waals surface area (Å²) in [7, 11) is 0. The van der Waals surface area contributed by atoms with Crippen LogP contribution in [0.4, 0.5) is 0 Å². The molecule has 0 radical (unpaired) electrons. The van der Waals surface area contributed by atoms with E-state index < -0.39 is 59.3 Å². The second-order valence-corrected chi connectivity index (χ2v) is 11.6. The van der Waals surface area contributed by atoms with Gasteiger partial charge in [0.15, 0.2) is 5.78 Å². The van der Waals surface area contributed by atoms with Crippen LogP contribution in [0.1, 0.15) is 32.1 Å². The van der Waals surface area contributed by atoms with Crippen molar-refractivity contribution in [3.05, 3.63) is 71.4 Å². The molecule has 190 valence electrons. The number of hydrogen-bond donors (Lipinski definition) is 1. The van der Waals surface area contributed by atoms with Gasteiger partial charge in [-0.3, -0.25) is 9.59 Å². The quantitative estimate of drug-likeness (QED) is 0.310. The summed E-state index contributed by atoms with van der Waals surface area (Å²) in [5.41, 5.74) is 2.51. The van der Waals surface area contributed by atoms with Gasteiger partial charge >= 0.3 is 11.9 Å². The van der Waals surface area contributed by atoms with Gasteiger partial charge in [0, 0.05) is 46.5 Å². The summed E-state index contributed by atoms with van der Waals surface area (Å²) in [4.78, 5) is 53.3. The van der Waals surface area contributed by atoms with Crippen molar-refractivity contribution in [2.45, 2.75) is 50.4 Å². The van der Waals surface area contributed by atoms with Gasteiger partial charge in [-0.2, -0.15) is 0 Å². The number of carbonyl (C=O) groups is 4. The molecule has 1 spiro atoms. The Morgan fingerprint density at radius 2 is 1.57 bits per heavy atom. The zero-order valence-electron chi connectivity index (χ0n) is 20.5. The molecule has 1 N–H and O–H groups in total. The predicted octanol–water partition coefficient (Wildman–Crippen LogP) is 2.87. The molecule has 5 aliphatic carbocycles. The van der Waals surface area contributed by atoms with E-state index in [1.165, 1.54) is 0 Å². The fourth-order valence-corrected chi connectivity index (χ4v) is 8.59. The lowest BCUT2D eigenvalue weighted by molar-refractivity contribution is -0.145. The van der Waals surface area contributed by atoms with E-state index in [1.807, 2.05) is 0 Å². The predicted molar refractivity (Wildman–Crippen MR) is 130 cm³/mol. The monoisotopic (exact) mass is 500 g/mol. The molecule has 7 heteroatoms. The molecule has 7 nitrogen and oxygen atoms in total. The minimum absolute atomic E-state index is 0.0953. The standard InChI is InChI=1S/C30H28O7/c1-11-17-10-20(32)30(23(17)27-18(9-19(11)31)13(3)29(35)37-27)8-7-15-5-6-16-12(2)28(34)36-26(16)21-14(4)25(33)24(30)22(15)21/h5,16-19,21,23,26-27,31H,1-4,6-10H2/t16?,17?,18?,19-,21?,23?,26?,27?,30?/m0/s1. The number of rotatable bonds is 0. The van der Waals surface area contributed by atoms with Crippen molar-refractivity contribution in [2.24, 2.45) is 35.0 Å². The smallest absolute Gasteiger partial charge is 0.334 e. The Bertz CT molecular complexity index is 1370. The molecule has 0 aromatic rings. The topological polar surface area (TPSA) is 107 Å². The highest BCUT2D eigenvalue weighted by Crippen LogP contribution is 2.66. The molecule has 9 atom stereocenters. The Morgan fingerprint density at radius 1 is 0.892 bits per heavy atom. The molecule has 0 aromatic carbocycles. The molecular formula is C30H28O7. The number of fused-ring (bicyclic) bond motifs is 7. The van der Waals surface area contributed by atoms with Crippen molar-refractivity contribution in [3.8, 4) is 0 Å². The number of Topliss-reactive ketones (excluding diaryl/α,β-unsaturated/α-hetero) is 2. The highest BCUT2D eigenvalue weighted by atomic mass is 16.6. The second-order valence-electron chi connectivity index (χ2n) is 11.6. The first-order valence-corrected chi connectivity index (χ1v) is 12.9. The summed E-state index contributed by atoms with van der Waals surface area (Å²) in [5.74, 6) is -3.60. The molecule has 2 aliphatic heterocycles. The van der Waals surface area contributed by atoms with E-state index in [0.717, 1.165) is 11.1 Å². The molecule has 0 bridgehead atoms. The van der Waals surface area contributed by atoms with E-state index in [-0.39, 0.29) is 35.9 Å². The SMILES string of the molecule is C=C1C(=O)OC2C1CC=C1CCC3(C(=O)CC4C(=C)[C@@H](O)CC5C(=C)C(=O)OC5C43)C3=C1C2C(=C)C3=O. The normalized spacial score (nSPS) is 44.3. The minimum atomic E-state index is -1.20. The summed E-state index contributed by atoms with van der Waals surface area (Å²) >= 11 is 0. The Morgan fingerprint density at radius 3 is 2.30 bits per heavy atom. The molecule has 0 amide bonds. The van der Waals surface area contributed by atoms with Crippen molar-refractivity contribution < 1.29 is 33.8 Å². The van der Waals surface area contributed by atoms with E-state index >= 15 is 0 Å². The van der Waals surface area contributed by atoms with Crippen LogP contribution in [0, 0.1) is 35.0 Å². The molecule has 4 fully saturated rings.